The van der Waals surface area contributed by atoms with Gasteiger partial charge in [0.2, 0.25) is 5.95 Å². The molecule has 1 saturated carbocycles. The predicted molar refractivity (Wildman–Crippen MR) is 67.9 cm³/mol. The van der Waals surface area contributed by atoms with Gasteiger partial charge in [0.15, 0.2) is 5.65 Å². The summed E-state index contributed by atoms with van der Waals surface area (Å²) in [4.78, 5) is 4.46. The second-order valence-corrected chi connectivity index (χ2v) is 5.66. The zero-order valence-electron chi connectivity index (χ0n) is 9.10. The Balaban J connectivity index is 1.59. The van der Waals surface area contributed by atoms with Gasteiger partial charge in [-0.1, -0.05) is 0 Å². The number of hydrogen-bond acceptors (Lipinski definition) is 4. The number of piperidine rings is 1. The van der Waals surface area contributed by atoms with Crippen molar-refractivity contribution in [2.75, 3.05) is 18.4 Å². The molecule has 3 heterocycles. The third-order valence-corrected chi connectivity index (χ3v) is 4.15. The van der Waals surface area contributed by atoms with Crippen LogP contribution in [0.5, 0.6) is 0 Å². The highest BCUT2D eigenvalue weighted by molar-refractivity contribution is 9.10. The Kier molecular flexibility index (Phi) is 1.99. The lowest BCUT2D eigenvalue weighted by molar-refractivity contribution is 0.693. The van der Waals surface area contributed by atoms with Gasteiger partial charge in [0.1, 0.15) is 0 Å². The fraction of sp³-hybridized carbons (Fsp3) is 0.455. The van der Waals surface area contributed by atoms with Crippen LogP contribution >= 0.6 is 15.9 Å². The topological polar surface area (TPSA) is 54.2 Å². The molecule has 17 heavy (non-hydrogen) atoms. The molecule has 2 aromatic heterocycles. The standard InChI is InChI=1S/C11H12BrN5/c12-6-1-2-9-14-11(16-17(9)5-6)15-10-7-3-13-4-8(7)10/h1-2,5,7-8,10,13H,3-4H2,(H,15,16). The Morgan fingerprint density at radius 3 is 3.00 bits per heavy atom. The molecule has 2 atom stereocenters. The van der Waals surface area contributed by atoms with Gasteiger partial charge in [-0.3, -0.25) is 0 Å². The monoisotopic (exact) mass is 293 g/mol. The molecule has 2 fully saturated rings. The summed E-state index contributed by atoms with van der Waals surface area (Å²) in [5.41, 5.74) is 0.875. The van der Waals surface area contributed by atoms with Crippen LogP contribution in [0.2, 0.25) is 0 Å². The minimum absolute atomic E-state index is 0.567. The molecule has 6 heteroatoms. The maximum absolute atomic E-state index is 4.46. The van der Waals surface area contributed by atoms with Crippen molar-refractivity contribution in [1.29, 1.82) is 0 Å². The maximum atomic E-state index is 4.46. The van der Waals surface area contributed by atoms with Gasteiger partial charge in [-0.2, -0.15) is 4.98 Å². The van der Waals surface area contributed by atoms with Gasteiger partial charge in [0, 0.05) is 29.8 Å². The van der Waals surface area contributed by atoms with E-state index in [1.807, 2.05) is 18.3 Å². The number of aromatic nitrogens is 3. The molecule has 2 unspecified atom stereocenters. The van der Waals surface area contributed by atoms with Gasteiger partial charge in [0.25, 0.3) is 0 Å². The number of hydrogen-bond donors (Lipinski definition) is 2. The molecule has 2 aromatic rings. The minimum atomic E-state index is 0.567. The lowest BCUT2D eigenvalue weighted by Gasteiger charge is -2.03. The van der Waals surface area contributed by atoms with Gasteiger partial charge in [-0.05, 0) is 39.9 Å². The van der Waals surface area contributed by atoms with Gasteiger partial charge in [-0.15, -0.1) is 5.10 Å². The summed E-state index contributed by atoms with van der Waals surface area (Å²) < 4.78 is 2.80. The molecule has 2 N–H and O–H groups in total. The van der Waals surface area contributed by atoms with Gasteiger partial charge >= 0.3 is 0 Å². The van der Waals surface area contributed by atoms with Crippen LogP contribution in [0.1, 0.15) is 0 Å². The predicted octanol–water partition coefficient (Wildman–Crippen LogP) is 1.12. The molecule has 4 rings (SSSR count). The molecule has 0 bridgehead atoms. The van der Waals surface area contributed by atoms with Crippen LogP contribution < -0.4 is 10.6 Å². The van der Waals surface area contributed by atoms with Crippen LogP contribution in [0, 0.1) is 11.8 Å². The van der Waals surface area contributed by atoms with Crippen LogP contribution in [0.25, 0.3) is 5.65 Å². The molecule has 0 aromatic carbocycles. The quantitative estimate of drug-likeness (QED) is 0.871. The second-order valence-electron chi connectivity index (χ2n) is 4.74. The van der Waals surface area contributed by atoms with E-state index in [4.69, 9.17) is 0 Å². The molecule has 5 nitrogen and oxygen atoms in total. The molecular formula is C11H12BrN5. The van der Waals surface area contributed by atoms with Crippen LogP contribution in [0.15, 0.2) is 22.8 Å². The summed E-state index contributed by atoms with van der Waals surface area (Å²) in [5.74, 6) is 2.28. The summed E-state index contributed by atoms with van der Waals surface area (Å²) in [6.45, 7) is 2.25. The van der Waals surface area contributed by atoms with Crippen LogP contribution in [-0.2, 0) is 0 Å². The number of fused-ring (bicyclic) bond motifs is 2. The third-order valence-electron chi connectivity index (χ3n) is 3.68. The van der Waals surface area contributed by atoms with E-state index >= 15 is 0 Å². The van der Waals surface area contributed by atoms with Crippen molar-refractivity contribution in [3.63, 3.8) is 0 Å². The zero-order valence-corrected chi connectivity index (χ0v) is 10.7. The smallest absolute Gasteiger partial charge is 0.243 e. The van der Waals surface area contributed by atoms with E-state index in [0.29, 0.717) is 6.04 Å². The van der Waals surface area contributed by atoms with Gasteiger partial charge in [0.05, 0.1) is 0 Å². The number of pyridine rings is 1. The molecule has 0 radical (unpaired) electrons. The van der Waals surface area contributed by atoms with Crippen molar-refractivity contribution in [2.45, 2.75) is 6.04 Å². The van der Waals surface area contributed by atoms with E-state index in [9.17, 15) is 0 Å². The molecule has 88 valence electrons. The Hall–Kier alpha value is -1.14. The molecular weight excluding hydrogens is 282 g/mol. The summed E-state index contributed by atoms with van der Waals surface area (Å²) in [6.07, 6.45) is 1.92. The number of halogens is 1. The van der Waals surface area contributed by atoms with Crippen molar-refractivity contribution in [3.05, 3.63) is 22.8 Å². The summed E-state index contributed by atoms with van der Waals surface area (Å²) in [6, 6.07) is 4.50. The van der Waals surface area contributed by atoms with Crippen molar-refractivity contribution in [1.82, 2.24) is 19.9 Å². The molecule has 2 aliphatic rings. The first kappa shape index (κ1) is 9.85. The van der Waals surface area contributed by atoms with E-state index in [0.717, 1.165) is 41.0 Å². The maximum Gasteiger partial charge on any atom is 0.243 e. The van der Waals surface area contributed by atoms with Crippen LogP contribution in [0.4, 0.5) is 5.95 Å². The molecule has 0 amide bonds. The Bertz CT molecular complexity index is 570. The van der Waals surface area contributed by atoms with E-state index in [2.05, 4.69) is 36.6 Å². The van der Waals surface area contributed by atoms with E-state index in [-0.39, 0.29) is 0 Å². The average Bonchev–Trinajstić information content (AvgIpc) is 2.71. The van der Waals surface area contributed by atoms with Gasteiger partial charge in [-0.25, -0.2) is 4.52 Å². The first-order chi connectivity index (χ1) is 8.31. The van der Waals surface area contributed by atoms with Crippen LogP contribution in [-0.4, -0.2) is 33.7 Å². The Labute approximate surface area is 107 Å². The highest BCUT2D eigenvalue weighted by Crippen LogP contribution is 2.43. The number of nitrogens with one attached hydrogen (secondary N) is 2. The number of anilines is 1. The SMILES string of the molecule is Brc1ccc2nc(NC3C4CNCC43)nn2c1. The molecule has 1 aliphatic carbocycles. The average molecular weight is 294 g/mol. The van der Waals surface area contributed by atoms with Crippen LogP contribution in [0.3, 0.4) is 0 Å². The van der Waals surface area contributed by atoms with Gasteiger partial charge < -0.3 is 10.6 Å². The third kappa shape index (κ3) is 1.55. The van der Waals surface area contributed by atoms with Crippen molar-refractivity contribution < 1.29 is 0 Å². The first-order valence-corrected chi connectivity index (χ1v) is 6.60. The second kappa shape index (κ2) is 3.43. The first-order valence-electron chi connectivity index (χ1n) is 5.80. The molecule has 1 aliphatic heterocycles. The fourth-order valence-corrected chi connectivity index (χ4v) is 3.03. The van der Waals surface area contributed by atoms with E-state index in [1.54, 1.807) is 4.52 Å². The molecule has 0 spiro atoms. The lowest BCUT2D eigenvalue weighted by atomic mass is 10.4. The number of rotatable bonds is 2. The minimum Gasteiger partial charge on any atom is -0.349 e. The fourth-order valence-electron chi connectivity index (χ4n) is 2.70. The van der Waals surface area contributed by atoms with Crippen molar-refractivity contribution >= 4 is 27.5 Å². The normalized spacial score (nSPS) is 30.5. The summed E-state index contributed by atoms with van der Waals surface area (Å²) in [7, 11) is 0. The highest BCUT2D eigenvalue weighted by Gasteiger charge is 2.53. The van der Waals surface area contributed by atoms with Crippen molar-refractivity contribution in [2.24, 2.45) is 11.8 Å². The largest absolute Gasteiger partial charge is 0.349 e. The Morgan fingerprint density at radius 1 is 1.35 bits per heavy atom. The highest BCUT2D eigenvalue weighted by atomic mass is 79.9. The lowest BCUT2D eigenvalue weighted by Crippen LogP contribution is -2.21. The summed E-state index contributed by atoms with van der Waals surface area (Å²) in [5, 5.41) is 11.2. The van der Waals surface area contributed by atoms with Crippen molar-refractivity contribution in [3.8, 4) is 0 Å². The zero-order chi connectivity index (χ0) is 11.4. The number of nitrogens with zero attached hydrogens (tertiary/aromatic N) is 3. The molecule has 1 saturated heterocycles. The van der Waals surface area contributed by atoms with E-state index < -0.39 is 0 Å². The summed E-state index contributed by atoms with van der Waals surface area (Å²) >= 11 is 3.43. The Morgan fingerprint density at radius 2 is 2.18 bits per heavy atom. The van der Waals surface area contributed by atoms with E-state index in [1.165, 1.54) is 0 Å².